The highest BCUT2D eigenvalue weighted by atomic mass is 16.4. The summed E-state index contributed by atoms with van der Waals surface area (Å²) < 4.78 is 2.05. The maximum Gasteiger partial charge on any atom is 0.303 e. The Morgan fingerprint density at radius 2 is 1.67 bits per heavy atom. The van der Waals surface area contributed by atoms with Crippen LogP contribution in [0.4, 0.5) is 0 Å². The van der Waals surface area contributed by atoms with E-state index >= 15 is 0 Å². The van der Waals surface area contributed by atoms with Crippen molar-refractivity contribution in [3.63, 3.8) is 0 Å². The molecule has 5 aromatic rings. The third kappa shape index (κ3) is 5.08. The zero-order valence-electron chi connectivity index (χ0n) is 19.7. The zero-order chi connectivity index (χ0) is 24.9. The summed E-state index contributed by atoms with van der Waals surface area (Å²) >= 11 is 0. The number of aromatic nitrogens is 2. The number of benzene rings is 3. The van der Waals surface area contributed by atoms with Crippen molar-refractivity contribution in [2.24, 2.45) is 0 Å². The highest BCUT2D eigenvalue weighted by Gasteiger charge is 2.20. The topological polar surface area (TPSA) is 87.1 Å². The molecular formula is C30H27N3O3. The molecule has 0 saturated heterocycles. The Morgan fingerprint density at radius 1 is 0.917 bits per heavy atom. The van der Waals surface area contributed by atoms with Crippen LogP contribution in [0.3, 0.4) is 0 Å². The van der Waals surface area contributed by atoms with Crippen molar-refractivity contribution in [1.82, 2.24) is 14.9 Å². The van der Waals surface area contributed by atoms with E-state index in [1.165, 1.54) is 0 Å². The second kappa shape index (κ2) is 10.4. The monoisotopic (exact) mass is 477 g/mol. The van der Waals surface area contributed by atoms with Crippen molar-refractivity contribution in [3.8, 4) is 5.69 Å². The van der Waals surface area contributed by atoms with Gasteiger partial charge in [-0.15, -0.1) is 0 Å². The van der Waals surface area contributed by atoms with E-state index in [4.69, 9.17) is 5.11 Å². The molecule has 36 heavy (non-hydrogen) atoms. The van der Waals surface area contributed by atoms with Crippen LogP contribution in [0.15, 0.2) is 104 Å². The third-order valence-corrected chi connectivity index (χ3v) is 6.37. The van der Waals surface area contributed by atoms with Crippen LogP contribution in [0, 0.1) is 0 Å². The first-order valence-electron chi connectivity index (χ1n) is 12.0. The molecule has 6 heteroatoms. The van der Waals surface area contributed by atoms with Crippen LogP contribution in [0.25, 0.3) is 16.6 Å². The van der Waals surface area contributed by atoms with Gasteiger partial charge in [-0.2, -0.15) is 0 Å². The average molecular weight is 478 g/mol. The number of para-hydroxylation sites is 1. The second-order valence-electron chi connectivity index (χ2n) is 8.82. The maximum atomic E-state index is 13.3. The van der Waals surface area contributed by atoms with Gasteiger partial charge in [0.2, 0.25) is 5.91 Å². The summed E-state index contributed by atoms with van der Waals surface area (Å²) in [4.78, 5) is 27.5. The Hall–Kier alpha value is -4.58. The van der Waals surface area contributed by atoms with Gasteiger partial charge in [0.1, 0.15) is 0 Å². The van der Waals surface area contributed by atoms with Gasteiger partial charge in [-0.3, -0.25) is 9.59 Å². The van der Waals surface area contributed by atoms with Crippen LogP contribution in [0.5, 0.6) is 0 Å². The van der Waals surface area contributed by atoms with Crippen molar-refractivity contribution in [3.05, 3.63) is 126 Å². The molecule has 1 amide bonds. The Labute approximate surface area is 209 Å². The minimum atomic E-state index is -0.827. The predicted octanol–water partition coefficient (Wildman–Crippen LogP) is 5.42. The van der Waals surface area contributed by atoms with E-state index in [0.717, 1.165) is 38.8 Å². The van der Waals surface area contributed by atoms with Gasteiger partial charge in [0.05, 0.1) is 18.2 Å². The molecule has 0 saturated carbocycles. The first kappa shape index (κ1) is 23.2. The fourth-order valence-electron chi connectivity index (χ4n) is 4.63. The van der Waals surface area contributed by atoms with Crippen molar-refractivity contribution in [2.75, 3.05) is 0 Å². The van der Waals surface area contributed by atoms with Gasteiger partial charge < -0.3 is 20.0 Å². The molecule has 0 bridgehead atoms. The number of carboxylic acids is 1. The summed E-state index contributed by atoms with van der Waals surface area (Å²) in [5.74, 6) is -0.917. The fourth-order valence-corrected chi connectivity index (χ4v) is 4.63. The lowest BCUT2D eigenvalue weighted by Crippen LogP contribution is -2.31. The summed E-state index contributed by atoms with van der Waals surface area (Å²) in [7, 11) is 0. The van der Waals surface area contributed by atoms with Crippen LogP contribution in [-0.2, 0) is 22.4 Å². The average Bonchev–Trinajstić information content (AvgIpc) is 3.57. The first-order chi connectivity index (χ1) is 17.6. The van der Waals surface area contributed by atoms with Crippen molar-refractivity contribution in [1.29, 1.82) is 0 Å². The number of carbonyl (C=O) groups is 2. The van der Waals surface area contributed by atoms with E-state index in [0.29, 0.717) is 6.42 Å². The molecule has 1 unspecified atom stereocenters. The highest BCUT2D eigenvalue weighted by Crippen LogP contribution is 2.28. The molecule has 3 aromatic carbocycles. The summed E-state index contributed by atoms with van der Waals surface area (Å²) in [6, 6.07) is 27.6. The molecule has 6 nitrogen and oxygen atoms in total. The summed E-state index contributed by atoms with van der Waals surface area (Å²) in [5.41, 5.74) is 5.77. The molecule has 180 valence electrons. The van der Waals surface area contributed by atoms with Crippen molar-refractivity contribution < 1.29 is 14.7 Å². The number of aryl methyl sites for hydroxylation is 1. The Kier molecular flexibility index (Phi) is 6.67. The lowest BCUT2D eigenvalue weighted by Gasteiger charge is -2.23. The number of nitrogens with one attached hydrogen (secondary N) is 2. The number of nitrogens with zero attached hydrogens (tertiary/aromatic N) is 1. The summed E-state index contributed by atoms with van der Waals surface area (Å²) in [6.07, 6.45) is 6.57. The number of hydrogen-bond acceptors (Lipinski definition) is 2. The number of fused-ring (bicyclic) bond motifs is 1. The Bertz CT molecular complexity index is 1490. The van der Waals surface area contributed by atoms with Gasteiger partial charge in [0.15, 0.2) is 0 Å². The lowest BCUT2D eigenvalue weighted by atomic mass is 9.96. The molecule has 1 atom stereocenters. The molecule has 0 spiro atoms. The Morgan fingerprint density at radius 3 is 2.44 bits per heavy atom. The molecule has 2 heterocycles. The molecule has 0 aliphatic heterocycles. The van der Waals surface area contributed by atoms with Crippen LogP contribution in [-0.4, -0.2) is 26.5 Å². The van der Waals surface area contributed by atoms with Crippen LogP contribution >= 0.6 is 0 Å². The number of amides is 1. The van der Waals surface area contributed by atoms with Crippen molar-refractivity contribution >= 4 is 22.8 Å². The molecule has 0 aliphatic rings. The quantitative estimate of drug-likeness (QED) is 0.265. The van der Waals surface area contributed by atoms with E-state index < -0.39 is 5.97 Å². The molecule has 0 fully saturated rings. The fraction of sp³-hybridized carbons (Fsp3) is 0.133. The van der Waals surface area contributed by atoms with Gasteiger partial charge in [-0.1, -0.05) is 54.6 Å². The smallest absolute Gasteiger partial charge is 0.303 e. The molecular weight excluding hydrogens is 450 g/mol. The normalized spacial score (nSPS) is 11.9. The van der Waals surface area contributed by atoms with Crippen molar-refractivity contribution in [2.45, 2.75) is 25.3 Å². The van der Waals surface area contributed by atoms with E-state index in [-0.39, 0.29) is 24.8 Å². The number of carboxylic acid groups (broad SMARTS) is 1. The largest absolute Gasteiger partial charge is 0.481 e. The SMILES string of the molecule is O=C(O)CCc1c[nH]c2ccc(CC(=O)NC(c3ccccc3)c3ccccc3-n3cccc3)cc12. The Balaban J connectivity index is 1.42. The number of aliphatic carboxylic acids is 1. The minimum Gasteiger partial charge on any atom is -0.481 e. The molecule has 2 aromatic heterocycles. The molecule has 0 aliphatic carbocycles. The minimum absolute atomic E-state index is 0.0667. The van der Waals surface area contributed by atoms with Gasteiger partial charge in [-0.05, 0) is 53.4 Å². The summed E-state index contributed by atoms with van der Waals surface area (Å²) in [5, 5.41) is 13.3. The number of carbonyl (C=O) groups excluding carboxylic acids is 1. The third-order valence-electron chi connectivity index (χ3n) is 6.37. The van der Waals surface area contributed by atoms with E-state index in [1.807, 2.05) is 97.5 Å². The summed E-state index contributed by atoms with van der Waals surface area (Å²) in [6.45, 7) is 0. The highest BCUT2D eigenvalue weighted by molar-refractivity contribution is 5.86. The molecule has 0 radical (unpaired) electrons. The van der Waals surface area contributed by atoms with Gasteiger partial charge in [0.25, 0.3) is 0 Å². The van der Waals surface area contributed by atoms with Gasteiger partial charge in [-0.25, -0.2) is 0 Å². The number of hydrogen-bond donors (Lipinski definition) is 3. The number of rotatable bonds is 9. The van der Waals surface area contributed by atoms with Crippen LogP contribution in [0.1, 0.15) is 34.7 Å². The second-order valence-corrected chi connectivity index (χ2v) is 8.82. The van der Waals surface area contributed by atoms with E-state index in [9.17, 15) is 9.59 Å². The van der Waals surface area contributed by atoms with Crippen LogP contribution in [0.2, 0.25) is 0 Å². The number of aromatic amines is 1. The zero-order valence-corrected chi connectivity index (χ0v) is 19.7. The lowest BCUT2D eigenvalue weighted by molar-refractivity contribution is -0.137. The predicted molar refractivity (Wildman–Crippen MR) is 140 cm³/mol. The van der Waals surface area contributed by atoms with E-state index in [1.54, 1.807) is 0 Å². The first-order valence-corrected chi connectivity index (χ1v) is 12.0. The van der Waals surface area contributed by atoms with Gasteiger partial charge >= 0.3 is 5.97 Å². The standard InChI is InChI=1S/C30H27N3O3/c34-28(19-21-12-14-26-25(18-21)23(20-31-26)13-15-29(35)36)32-30(22-8-2-1-3-9-22)24-10-4-5-11-27(24)33-16-6-7-17-33/h1-12,14,16-18,20,30-31H,13,15,19H2,(H,32,34)(H,35,36). The molecule has 5 rings (SSSR count). The maximum absolute atomic E-state index is 13.3. The van der Waals surface area contributed by atoms with Gasteiger partial charge in [0, 0.05) is 41.5 Å². The van der Waals surface area contributed by atoms with Crippen LogP contribution < -0.4 is 5.32 Å². The molecule has 3 N–H and O–H groups in total. The number of H-pyrrole nitrogens is 1. The van der Waals surface area contributed by atoms with E-state index in [2.05, 4.69) is 20.9 Å².